The van der Waals surface area contributed by atoms with Crippen molar-refractivity contribution in [3.8, 4) is 5.75 Å². The molecule has 1 heterocycles. The van der Waals surface area contributed by atoms with Gasteiger partial charge in [-0.25, -0.2) is 5.09 Å². The van der Waals surface area contributed by atoms with Crippen LogP contribution >= 0.6 is 7.29 Å². The van der Waals surface area contributed by atoms with Crippen molar-refractivity contribution in [2.75, 3.05) is 20.2 Å². The Morgan fingerprint density at radius 3 is 1.72 bits per heavy atom. The number of nitrogens with zero attached hydrogens (tertiary/aromatic N) is 1. The van der Waals surface area contributed by atoms with Gasteiger partial charge in [-0.3, -0.25) is 9.36 Å². The average Bonchev–Trinajstić information content (AvgIpc) is 3.16. The third-order valence-electron chi connectivity index (χ3n) is 9.88. The minimum Gasteiger partial charge on any atom is -0.497 e. The SMILES string of the molecule is CC[Si](CC)(CC)OC(C(=O)N1CCCCC1)(c1ccccc1)C(NP(=O)(c1ccccc1)c1ccccc1)c1ccc(OC)cc1. The number of carbonyl (C=O) groups excluding carboxylic acids is 1. The van der Waals surface area contributed by atoms with Crippen molar-refractivity contribution >= 4 is 32.1 Å². The topological polar surface area (TPSA) is 67.9 Å². The van der Waals surface area contributed by atoms with Gasteiger partial charge in [-0.15, -0.1) is 0 Å². The number of amides is 1. The number of carbonyl (C=O) groups is 1. The van der Waals surface area contributed by atoms with Gasteiger partial charge in [0.05, 0.1) is 13.2 Å². The Kier molecular flexibility index (Phi) is 11.6. The molecule has 0 saturated carbocycles. The number of piperidine rings is 1. The molecule has 1 N–H and O–H groups in total. The van der Waals surface area contributed by atoms with Crippen molar-refractivity contribution in [3.05, 3.63) is 126 Å². The summed E-state index contributed by atoms with van der Waals surface area (Å²) in [5, 5.41) is 5.07. The van der Waals surface area contributed by atoms with Gasteiger partial charge in [0.2, 0.25) is 7.29 Å². The van der Waals surface area contributed by atoms with Crippen LogP contribution in [-0.2, 0) is 19.4 Å². The molecule has 2 atom stereocenters. The number of ether oxygens (including phenoxy) is 1. The minimum atomic E-state index is -3.57. The fraction of sp³-hybridized carbons (Fsp3) is 0.359. The number of hydrogen-bond donors (Lipinski definition) is 1. The van der Waals surface area contributed by atoms with Crippen molar-refractivity contribution < 1.29 is 18.5 Å². The molecule has 0 bridgehead atoms. The highest BCUT2D eigenvalue weighted by Gasteiger charge is 2.56. The third kappa shape index (κ3) is 7.19. The number of benzene rings is 4. The molecule has 4 aromatic carbocycles. The lowest BCUT2D eigenvalue weighted by Gasteiger charge is -2.49. The Morgan fingerprint density at radius 1 is 0.766 bits per heavy atom. The molecular weight excluding hydrogens is 619 g/mol. The summed E-state index contributed by atoms with van der Waals surface area (Å²) in [6, 6.07) is 38.6. The number of likely N-dealkylation sites (tertiary alicyclic amines) is 1. The maximum Gasteiger partial charge on any atom is 0.260 e. The van der Waals surface area contributed by atoms with E-state index in [1.165, 1.54) is 0 Å². The predicted octanol–water partition coefficient (Wildman–Crippen LogP) is 8.18. The van der Waals surface area contributed by atoms with Crippen LogP contribution in [0.1, 0.15) is 57.2 Å². The Hall–Kier alpha value is -3.48. The highest BCUT2D eigenvalue weighted by Crippen LogP contribution is 2.51. The molecule has 1 aliphatic heterocycles. The number of nitrogens with one attached hydrogen (secondary N) is 1. The molecule has 47 heavy (non-hydrogen) atoms. The van der Waals surface area contributed by atoms with E-state index in [4.69, 9.17) is 9.16 Å². The Bertz CT molecular complexity index is 1560. The second-order valence-electron chi connectivity index (χ2n) is 12.4. The van der Waals surface area contributed by atoms with Crippen molar-refractivity contribution in [2.45, 2.75) is 69.8 Å². The first-order valence-electron chi connectivity index (χ1n) is 17.0. The van der Waals surface area contributed by atoms with Gasteiger partial charge >= 0.3 is 0 Å². The van der Waals surface area contributed by atoms with E-state index >= 15 is 9.36 Å². The van der Waals surface area contributed by atoms with E-state index in [0.717, 1.165) is 48.5 Å². The summed E-state index contributed by atoms with van der Waals surface area (Å²) >= 11 is 0. The predicted molar refractivity (Wildman–Crippen MR) is 195 cm³/mol. The molecule has 1 amide bonds. The quantitative estimate of drug-likeness (QED) is 0.108. The molecule has 4 aromatic rings. The van der Waals surface area contributed by atoms with E-state index in [2.05, 4.69) is 25.9 Å². The van der Waals surface area contributed by atoms with E-state index in [9.17, 15) is 0 Å². The Balaban J connectivity index is 1.86. The molecule has 0 aromatic heterocycles. The van der Waals surface area contributed by atoms with Crippen LogP contribution in [0, 0.1) is 0 Å². The van der Waals surface area contributed by atoms with Crippen LogP contribution in [0.3, 0.4) is 0 Å². The van der Waals surface area contributed by atoms with Gasteiger partial charge in [0.15, 0.2) is 13.9 Å². The second kappa shape index (κ2) is 15.6. The Labute approximate surface area is 282 Å². The summed E-state index contributed by atoms with van der Waals surface area (Å²) in [4.78, 5) is 17.6. The van der Waals surface area contributed by atoms with Gasteiger partial charge in [0.25, 0.3) is 5.91 Å². The molecule has 6 nitrogen and oxygen atoms in total. The van der Waals surface area contributed by atoms with E-state index in [-0.39, 0.29) is 5.91 Å². The van der Waals surface area contributed by atoms with Gasteiger partial charge in [-0.2, -0.15) is 0 Å². The van der Waals surface area contributed by atoms with Crippen LogP contribution in [0.25, 0.3) is 0 Å². The van der Waals surface area contributed by atoms with E-state index in [0.29, 0.717) is 29.4 Å². The zero-order valence-electron chi connectivity index (χ0n) is 28.2. The lowest BCUT2D eigenvalue weighted by molar-refractivity contribution is -0.154. The molecule has 0 spiro atoms. The molecular formula is C39H49N2O4PSi. The van der Waals surface area contributed by atoms with Crippen LogP contribution in [0.15, 0.2) is 115 Å². The van der Waals surface area contributed by atoms with Crippen molar-refractivity contribution in [1.29, 1.82) is 0 Å². The molecule has 1 fully saturated rings. The maximum atomic E-state index is 15.9. The highest BCUT2D eigenvalue weighted by atomic mass is 31.2. The summed E-state index contributed by atoms with van der Waals surface area (Å²) in [6.07, 6.45) is 2.99. The normalized spacial score (nSPS) is 15.9. The van der Waals surface area contributed by atoms with E-state index in [1.54, 1.807) is 7.11 Å². The molecule has 1 saturated heterocycles. The summed E-state index contributed by atoms with van der Waals surface area (Å²) in [5.74, 6) is 0.631. The summed E-state index contributed by atoms with van der Waals surface area (Å²) in [6.45, 7) is 7.90. The van der Waals surface area contributed by atoms with E-state index < -0.39 is 27.3 Å². The first kappa shape index (κ1) is 34.8. The van der Waals surface area contributed by atoms with Crippen LogP contribution in [0.4, 0.5) is 0 Å². The van der Waals surface area contributed by atoms with Gasteiger partial charge in [0, 0.05) is 23.7 Å². The lowest BCUT2D eigenvalue weighted by atomic mass is 9.81. The van der Waals surface area contributed by atoms with Crippen molar-refractivity contribution in [1.82, 2.24) is 9.99 Å². The number of methoxy groups -OCH3 is 1. The third-order valence-corrected chi connectivity index (χ3v) is 17.2. The molecule has 5 rings (SSSR count). The second-order valence-corrected chi connectivity index (χ2v) is 19.6. The average molecular weight is 669 g/mol. The van der Waals surface area contributed by atoms with Crippen LogP contribution in [-0.4, -0.2) is 39.3 Å². The van der Waals surface area contributed by atoms with Gasteiger partial charge in [-0.05, 0) is 84.9 Å². The number of rotatable bonds is 14. The van der Waals surface area contributed by atoms with Crippen LogP contribution in [0.5, 0.6) is 5.75 Å². The van der Waals surface area contributed by atoms with Crippen molar-refractivity contribution in [2.24, 2.45) is 0 Å². The fourth-order valence-corrected chi connectivity index (χ4v) is 12.3. The van der Waals surface area contributed by atoms with Gasteiger partial charge in [-0.1, -0.05) is 99.6 Å². The smallest absolute Gasteiger partial charge is 0.260 e. The van der Waals surface area contributed by atoms with Crippen LogP contribution < -0.4 is 20.4 Å². The zero-order valence-corrected chi connectivity index (χ0v) is 30.1. The first-order valence-corrected chi connectivity index (χ1v) is 21.3. The van der Waals surface area contributed by atoms with Crippen molar-refractivity contribution in [3.63, 3.8) is 0 Å². The summed E-state index contributed by atoms with van der Waals surface area (Å²) < 4.78 is 29.1. The van der Waals surface area contributed by atoms with Crippen LogP contribution in [0.2, 0.25) is 18.1 Å². The zero-order chi connectivity index (χ0) is 33.3. The highest BCUT2D eigenvalue weighted by molar-refractivity contribution is 7.76. The maximum absolute atomic E-state index is 15.9. The molecule has 0 aliphatic carbocycles. The molecule has 8 heteroatoms. The lowest BCUT2D eigenvalue weighted by Crippen LogP contribution is -2.60. The molecule has 248 valence electrons. The summed E-state index contributed by atoms with van der Waals surface area (Å²) in [5.41, 5.74) is 0.0720. The fourth-order valence-electron chi connectivity index (χ4n) is 6.85. The monoisotopic (exact) mass is 668 g/mol. The minimum absolute atomic E-state index is 0.0726. The number of hydrogen-bond acceptors (Lipinski definition) is 4. The Morgan fingerprint density at radius 2 is 1.26 bits per heavy atom. The largest absolute Gasteiger partial charge is 0.497 e. The van der Waals surface area contributed by atoms with Gasteiger partial charge < -0.3 is 14.1 Å². The first-order chi connectivity index (χ1) is 22.9. The standard InChI is InChI=1S/C39H49N2O4PSi/c1-5-47(6-2,7-3)45-39(33-20-12-8-13-21-33,38(42)41-30-18-11-19-31-41)37(32-26-28-34(44-4)29-27-32)40-46(43,35-22-14-9-15-23-35)36-24-16-10-17-25-36/h8-10,12-17,20-29,37H,5-7,11,18-19,30-31H2,1-4H3,(H,40,43). The summed E-state index contributed by atoms with van der Waals surface area (Å²) in [7, 11) is -4.44. The molecule has 2 unspecified atom stereocenters. The van der Waals surface area contributed by atoms with Gasteiger partial charge in [0.1, 0.15) is 5.75 Å². The van der Waals surface area contributed by atoms with E-state index in [1.807, 2.05) is 120 Å². The molecule has 0 radical (unpaired) electrons. The molecule has 1 aliphatic rings.